The van der Waals surface area contributed by atoms with Crippen molar-refractivity contribution in [3.63, 3.8) is 0 Å². The van der Waals surface area contributed by atoms with E-state index in [-0.39, 0.29) is 6.54 Å². The molecule has 0 saturated heterocycles. The first-order valence-corrected chi connectivity index (χ1v) is 5.13. The Morgan fingerprint density at radius 1 is 1.29 bits per heavy atom. The second-order valence-corrected chi connectivity index (χ2v) is 4.27. The second kappa shape index (κ2) is 4.75. The van der Waals surface area contributed by atoms with Gasteiger partial charge >= 0.3 is 0 Å². The van der Waals surface area contributed by atoms with E-state index in [4.69, 9.17) is 0 Å². The SMILES string of the molecule is Cc1ccc(SNCC(C)(F)F)cc1. The summed E-state index contributed by atoms with van der Waals surface area (Å²) in [7, 11) is 0. The molecule has 0 saturated carbocycles. The van der Waals surface area contributed by atoms with Crippen molar-refractivity contribution in [2.45, 2.75) is 24.7 Å². The predicted octanol–water partition coefficient (Wildman–Crippen LogP) is 3.25. The molecular weight excluding hydrogens is 204 g/mol. The fourth-order valence-electron chi connectivity index (χ4n) is 0.852. The number of benzene rings is 1. The van der Waals surface area contributed by atoms with Crippen molar-refractivity contribution in [2.75, 3.05) is 6.54 Å². The third kappa shape index (κ3) is 4.58. The number of aryl methyl sites for hydroxylation is 1. The molecule has 0 bridgehead atoms. The Balaban J connectivity index is 2.35. The minimum Gasteiger partial charge on any atom is -0.254 e. The summed E-state index contributed by atoms with van der Waals surface area (Å²) in [5, 5.41) is 0. The van der Waals surface area contributed by atoms with Gasteiger partial charge in [-0.05, 0) is 31.0 Å². The molecule has 1 rings (SSSR count). The average Bonchev–Trinajstić information content (AvgIpc) is 2.06. The quantitative estimate of drug-likeness (QED) is 0.777. The second-order valence-electron chi connectivity index (χ2n) is 3.31. The van der Waals surface area contributed by atoms with Crippen LogP contribution < -0.4 is 4.72 Å². The highest BCUT2D eigenvalue weighted by molar-refractivity contribution is 7.97. The molecule has 0 aliphatic carbocycles. The van der Waals surface area contributed by atoms with E-state index in [9.17, 15) is 8.78 Å². The lowest BCUT2D eigenvalue weighted by Crippen LogP contribution is -2.25. The van der Waals surface area contributed by atoms with E-state index in [2.05, 4.69) is 4.72 Å². The van der Waals surface area contributed by atoms with E-state index in [1.165, 1.54) is 11.9 Å². The lowest BCUT2D eigenvalue weighted by atomic mass is 10.2. The van der Waals surface area contributed by atoms with E-state index in [1.54, 1.807) is 0 Å². The van der Waals surface area contributed by atoms with Crippen molar-refractivity contribution >= 4 is 11.9 Å². The zero-order valence-corrected chi connectivity index (χ0v) is 9.00. The van der Waals surface area contributed by atoms with Crippen LogP contribution in [0.25, 0.3) is 0 Å². The Kier molecular flexibility index (Phi) is 3.89. The number of hydrogen-bond acceptors (Lipinski definition) is 2. The molecule has 1 aromatic carbocycles. The molecule has 0 spiro atoms. The van der Waals surface area contributed by atoms with Crippen molar-refractivity contribution in [2.24, 2.45) is 0 Å². The highest BCUT2D eigenvalue weighted by Gasteiger charge is 2.19. The molecule has 0 unspecified atom stereocenters. The molecule has 0 atom stereocenters. The van der Waals surface area contributed by atoms with Gasteiger partial charge in [0.15, 0.2) is 0 Å². The molecule has 0 aromatic heterocycles. The summed E-state index contributed by atoms with van der Waals surface area (Å²) in [6, 6.07) is 7.71. The van der Waals surface area contributed by atoms with Crippen LogP contribution in [0.15, 0.2) is 29.2 Å². The summed E-state index contributed by atoms with van der Waals surface area (Å²) in [6.07, 6.45) is 0. The van der Waals surface area contributed by atoms with Crippen molar-refractivity contribution in [3.8, 4) is 0 Å². The molecule has 1 nitrogen and oxygen atoms in total. The maximum absolute atomic E-state index is 12.4. The minimum atomic E-state index is -2.66. The first-order valence-electron chi connectivity index (χ1n) is 4.31. The largest absolute Gasteiger partial charge is 0.258 e. The van der Waals surface area contributed by atoms with Crippen LogP contribution in [0, 0.1) is 6.92 Å². The maximum Gasteiger partial charge on any atom is 0.258 e. The Bertz CT molecular complexity index is 279. The highest BCUT2D eigenvalue weighted by Crippen LogP contribution is 2.17. The fraction of sp³-hybridized carbons (Fsp3) is 0.400. The molecule has 0 heterocycles. The van der Waals surface area contributed by atoms with Gasteiger partial charge < -0.3 is 0 Å². The van der Waals surface area contributed by atoms with Crippen molar-refractivity contribution < 1.29 is 8.78 Å². The van der Waals surface area contributed by atoms with Crippen LogP contribution in [0.2, 0.25) is 0 Å². The van der Waals surface area contributed by atoms with Gasteiger partial charge in [-0.3, -0.25) is 4.72 Å². The van der Waals surface area contributed by atoms with Gasteiger partial charge in [0.1, 0.15) is 0 Å². The number of rotatable bonds is 4. The molecule has 78 valence electrons. The number of halogens is 2. The molecule has 14 heavy (non-hydrogen) atoms. The van der Waals surface area contributed by atoms with Gasteiger partial charge in [-0.25, -0.2) is 8.78 Å². The molecule has 0 aliphatic heterocycles. The van der Waals surface area contributed by atoms with Crippen molar-refractivity contribution in [1.82, 2.24) is 4.72 Å². The monoisotopic (exact) mass is 217 g/mol. The van der Waals surface area contributed by atoms with E-state index >= 15 is 0 Å². The van der Waals surface area contributed by atoms with Crippen molar-refractivity contribution in [3.05, 3.63) is 29.8 Å². The lowest BCUT2D eigenvalue weighted by molar-refractivity contribution is 0.0288. The summed E-state index contributed by atoms with van der Waals surface area (Å²) >= 11 is 1.23. The molecule has 1 N–H and O–H groups in total. The van der Waals surface area contributed by atoms with Crippen LogP contribution in [0.3, 0.4) is 0 Å². The van der Waals surface area contributed by atoms with E-state index in [0.29, 0.717) is 0 Å². The highest BCUT2D eigenvalue weighted by atomic mass is 32.2. The third-order valence-electron chi connectivity index (χ3n) is 1.59. The van der Waals surface area contributed by atoms with Crippen LogP contribution >= 0.6 is 11.9 Å². The molecule has 1 aromatic rings. The van der Waals surface area contributed by atoms with Gasteiger partial charge in [0.25, 0.3) is 5.92 Å². The van der Waals surface area contributed by atoms with Gasteiger partial charge in [-0.2, -0.15) is 0 Å². The Morgan fingerprint density at radius 2 is 1.86 bits per heavy atom. The molecular formula is C10H13F2NS. The van der Waals surface area contributed by atoms with E-state index in [0.717, 1.165) is 17.4 Å². The molecule has 0 fully saturated rings. The van der Waals surface area contributed by atoms with Crippen LogP contribution in [0.1, 0.15) is 12.5 Å². The Labute approximate surface area is 87.0 Å². The average molecular weight is 217 g/mol. The topological polar surface area (TPSA) is 12.0 Å². The Hall–Kier alpha value is -0.610. The summed E-state index contributed by atoms with van der Waals surface area (Å²) in [5.41, 5.74) is 1.16. The molecule has 0 amide bonds. The number of hydrogen-bond donors (Lipinski definition) is 1. The van der Waals surface area contributed by atoms with Gasteiger partial charge in [0, 0.05) is 11.8 Å². The summed E-state index contributed by atoms with van der Waals surface area (Å²) in [6.45, 7) is 2.57. The maximum atomic E-state index is 12.4. The molecule has 0 radical (unpaired) electrons. The smallest absolute Gasteiger partial charge is 0.254 e. The van der Waals surface area contributed by atoms with Gasteiger partial charge in [0.05, 0.1) is 6.54 Å². The van der Waals surface area contributed by atoms with Crippen LogP contribution in [0.4, 0.5) is 8.78 Å². The predicted molar refractivity (Wildman–Crippen MR) is 55.7 cm³/mol. The molecule has 0 aliphatic rings. The first-order chi connectivity index (χ1) is 6.47. The minimum absolute atomic E-state index is 0.314. The normalized spacial score (nSPS) is 11.7. The summed E-state index contributed by atoms with van der Waals surface area (Å²) < 4.78 is 27.5. The third-order valence-corrected chi connectivity index (χ3v) is 2.39. The number of nitrogens with one attached hydrogen (secondary N) is 1. The number of alkyl halides is 2. The Morgan fingerprint density at radius 3 is 2.36 bits per heavy atom. The summed E-state index contributed by atoms with van der Waals surface area (Å²) in [5.74, 6) is -2.66. The van der Waals surface area contributed by atoms with Gasteiger partial charge in [0.2, 0.25) is 0 Å². The zero-order valence-electron chi connectivity index (χ0n) is 8.18. The zero-order chi connectivity index (χ0) is 10.6. The lowest BCUT2D eigenvalue weighted by Gasteiger charge is -2.10. The fourth-order valence-corrected chi connectivity index (χ4v) is 1.62. The van der Waals surface area contributed by atoms with E-state index in [1.807, 2.05) is 31.2 Å². The van der Waals surface area contributed by atoms with Crippen LogP contribution in [0.5, 0.6) is 0 Å². The van der Waals surface area contributed by atoms with E-state index < -0.39 is 5.92 Å². The van der Waals surface area contributed by atoms with Gasteiger partial charge in [-0.15, -0.1) is 0 Å². The van der Waals surface area contributed by atoms with Gasteiger partial charge in [-0.1, -0.05) is 17.7 Å². The van der Waals surface area contributed by atoms with Crippen molar-refractivity contribution in [1.29, 1.82) is 0 Å². The standard InChI is InChI=1S/C10H13F2NS/c1-8-3-5-9(6-4-8)14-13-7-10(2,11)12/h3-6,13H,7H2,1-2H3. The first kappa shape index (κ1) is 11.5. The molecule has 4 heteroatoms. The summed E-state index contributed by atoms with van der Waals surface area (Å²) in [4.78, 5) is 0.944. The van der Waals surface area contributed by atoms with Crippen LogP contribution in [-0.2, 0) is 0 Å². The van der Waals surface area contributed by atoms with Crippen LogP contribution in [-0.4, -0.2) is 12.5 Å².